The number of likely N-dealkylation sites (tertiary alicyclic amines) is 1. The number of benzene rings is 1. The van der Waals surface area contributed by atoms with Crippen LogP contribution in [0.2, 0.25) is 0 Å². The number of carbonyl (C=O) groups excluding carboxylic acids is 1. The van der Waals surface area contributed by atoms with Crippen molar-refractivity contribution in [2.75, 3.05) is 19.7 Å². The first-order valence-electron chi connectivity index (χ1n) is 6.89. The van der Waals surface area contributed by atoms with Gasteiger partial charge in [0.1, 0.15) is 12.4 Å². The van der Waals surface area contributed by atoms with Crippen LogP contribution in [-0.4, -0.2) is 52.8 Å². The third-order valence-corrected chi connectivity index (χ3v) is 3.62. The van der Waals surface area contributed by atoms with E-state index in [0.717, 1.165) is 0 Å². The van der Waals surface area contributed by atoms with E-state index in [1.807, 2.05) is 0 Å². The number of carboxylic acid groups (broad SMARTS) is 1. The van der Waals surface area contributed by atoms with E-state index in [-0.39, 0.29) is 24.4 Å². The number of carbonyl (C=O) groups is 2. The average molecular weight is 293 g/mol. The van der Waals surface area contributed by atoms with Gasteiger partial charge in [-0.25, -0.2) is 4.79 Å². The quantitative estimate of drug-likeness (QED) is 0.876. The summed E-state index contributed by atoms with van der Waals surface area (Å²) in [6.07, 6.45) is 1.17. The molecule has 21 heavy (non-hydrogen) atoms. The summed E-state index contributed by atoms with van der Waals surface area (Å²) in [6, 6.07) is 4.80. The molecule has 1 aliphatic rings. The lowest BCUT2D eigenvalue weighted by Gasteiger charge is -2.31. The van der Waals surface area contributed by atoms with E-state index in [4.69, 9.17) is 9.84 Å². The summed E-state index contributed by atoms with van der Waals surface area (Å²) in [6.45, 7) is 2.54. The standard InChI is InChI=1S/C15H19NO5/c1-10-8-11(2-3-13(10)17)15(20)16-6-4-12(5-7-16)21-9-14(18)19/h2-3,8,12,17H,4-7,9H2,1H3,(H,18,19). The maximum atomic E-state index is 12.3. The van der Waals surface area contributed by atoms with Gasteiger partial charge in [0.05, 0.1) is 6.10 Å². The molecule has 1 aliphatic heterocycles. The summed E-state index contributed by atoms with van der Waals surface area (Å²) < 4.78 is 5.24. The largest absolute Gasteiger partial charge is 0.508 e. The molecule has 0 bridgehead atoms. The minimum absolute atomic E-state index is 0.0743. The molecule has 6 nitrogen and oxygen atoms in total. The van der Waals surface area contributed by atoms with Crippen LogP contribution in [-0.2, 0) is 9.53 Å². The molecule has 2 rings (SSSR count). The third kappa shape index (κ3) is 3.95. The zero-order valence-electron chi connectivity index (χ0n) is 11.9. The zero-order chi connectivity index (χ0) is 15.4. The highest BCUT2D eigenvalue weighted by molar-refractivity contribution is 5.94. The van der Waals surface area contributed by atoms with E-state index in [0.29, 0.717) is 37.1 Å². The molecule has 1 amide bonds. The number of aromatic hydroxyl groups is 1. The number of nitrogens with zero attached hydrogens (tertiary/aromatic N) is 1. The molecule has 0 spiro atoms. The van der Waals surface area contributed by atoms with Crippen molar-refractivity contribution in [1.82, 2.24) is 4.90 Å². The van der Waals surface area contributed by atoms with Crippen molar-refractivity contribution < 1.29 is 24.5 Å². The molecule has 0 aliphatic carbocycles. The first kappa shape index (κ1) is 15.3. The van der Waals surface area contributed by atoms with Crippen LogP contribution < -0.4 is 0 Å². The second-order valence-electron chi connectivity index (χ2n) is 5.20. The Morgan fingerprint density at radius 2 is 2.00 bits per heavy atom. The number of phenols is 1. The number of piperidine rings is 1. The number of aliphatic carboxylic acids is 1. The molecular weight excluding hydrogens is 274 g/mol. The van der Waals surface area contributed by atoms with E-state index < -0.39 is 5.97 Å². The predicted molar refractivity (Wildman–Crippen MR) is 75.4 cm³/mol. The Labute approximate surface area is 122 Å². The first-order valence-corrected chi connectivity index (χ1v) is 6.89. The van der Waals surface area contributed by atoms with Gasteiger partial charge in [0.15, 0.2) is 0 Å². The molecule has 0 unspecified atom stereocenters. The fourth-order valence-electron chi connectivity index (χ4n) is 2.39. The van der Waals surface area contributed by atoms with Gasteiger partial charge in [-0.05, 0) is 43.5 Å². The summed E-state index contributed by atoms with van der Waals surface area (Å²) in [5.74, 6) is -0.879. The molecular formula is C15H19NO5. The third-order valence-electron chi connectivity index (χ3n) is 3.62. The minimum atomic E-state index is -0.979. The summed E-state index contributed by atoms with van der Waals surface area (Å²) >= 11 is 0. The summed E-state index contributed by atoms with van der Waals surface area (Å²) in [5.41, 5.74) is 1.22. The van der Waals surface area contributed by atoms with E-state index in [1.165, 1.54) is 6.07 Å². The van der Waals surface area contributed by atoms with Crippen LogP contribution in [0.15, 0.2) is 18.2 Å². The molecule has 0 saturated carbocycles. The number of aryl methyl sites for hydroxylation is 1. The second kappa shape index (κ2) is 6.58. The first-order chi connectivity index (χ1) is 9.97. The molecule has 1 saturated heterocycles. The second-order valence-corrected chi connectivity index (χ2v) is 5.20. The minimum Gasteiger partial charge on any atom is -0.508 e. The normalized spacial score (nSPS) is 16.0. The van der Waals surface area contributed by atoms with E-state index in [1.54, 1.807) is 24.0 Å². The van der Waals surface area contributed by atoms with Gasteiger partial charge in [0, 0.05) is 18.7 Å². The fraction of sp³-hybridized carbons (Fsp3) is 0.467. The van der Waals surface area contributed by atoms with Crippen LogP contribution in [0.3, 0.4) is 0 Å². The lowest BCUT2D eigenvalue weighted by Crippen LogP contribution is -2.41. The Balaban J connectivity index is 1.90. The van der Waals surface area contributed by atoms with E-state index in [2.05, 4.69) is 0 Å². The van der Waals surface area contributed by atoms with Crippen molar-refractivity contribution in [1.29, 1.82) is 0 Å². The van der Waals surface area contributed by atoms with Gasteiger partial charge in [-0.15, -0.1) is 0 Å². The number of phenolic OH excluding ortho intramolecular Hbond substituents is 1. The van der Waals surface area contributed by atoms with Gasteiger partial charge >= 0.3 is 5.97 Å². The van der Waals surface area contributed by atoms with Gasteiger partial charge in [0.2, 0.25) is 0 Å². The summed E-state index contributed by atoms with van der Waals surface area (Å²) in [7, 11) is 0. The maximum absolute atomic E-state index is 12.3. The van der Waals surface area contributed by atoms with Crippen LogP contribution in [0.1, 0.15) is 28.8 Å². The lowest BCUT2D eigenvalue weighted by atomic mass is 10.0. The van der Waals surface area contributed by atoms with Crippen LogP contribution in [0.4, 0.5) is 0 Å². The Kier molecular flexibility index (Phi) is 4.80. The molecule has 1 heterocycles. The Morgan fingerprint density at radius 1 is 1.33 bits per heavy atom. The molecule has 0 aromatic heterocycles. The molecule has 2 N–H and O–H groups in total. The fourth-order valence-corrected chi connectivity index (χ4v) is 2.39. The van der Waals surface area contributed by atoms with Crippen molar-refractivity contribution in [3.8, 4) is 5.75 Å². The van der Waals surface area contributed by atoms with Crippen molar-refractivity contribution in [3.63, 3.8) is 0 Å². The van der Waals surface area contributed by atoms with Crippen LogP contribution >= 0.6 is 0 Å². The molecule has 114 valence electrons. The van der Waals surface area contributed by atoms with Crippen molar-refractivity contribution in [2.24, 2.45) is 0 Å². The van der Waals surface area contributed by atoms with Crippen molar-refractivity contribution in [3.05, 3.63) is 29.3 Å². The van der Waals surface area contributed by atoms with E-state index >= 15 is 0 Å². The highest BCUT2D eigenvalue weighted by Crippen LogP contribution is 2.20. The number of carboxylic acids is 1. The molecule has 0 radical (unpaired) electrons. The summed E-state index contributed by atoms with van der Waals surface area (Å²) in [5, 5.41) is 18.1. The van der Waals surface area contributed by atoms with Gasteiger partial charge in [-0.3, -0.25) is 4.79 Å². The predicted octanol–water partition coefficient (Wildman–Crippen LogP) is 1.41. The molecule has 6 heteroatoms. The lowest BCUT2D eigenvalue weighted by molar-refractivity contribution is -0.145. The average Bonchev–Trinajstić information content (AvgIpc) is 2.48. The van der Waals surface area contributed by atoms with Crippen molar-refractivity contribution >= 4 is 11.9 Å². The Bertz CT molecular complexity index is 535. The highest BCUT2D eigenvalue weighted by Gasteiger charge is 2.24. The van der Waals surface area contributed by atoms with Crippen LogP contribution in [0.5, 0.6) is 5.75 Å². The van der Waals surface area contributed by atoms with Gasteiger partial charge in [-0.2, -0.15) is 0 Å². The van der Waals surface area contributed by atoms with E-state index in [9.17, 15) is 14.7 Å². The van der Waals surface area contributed by atoms with Gasteiger partial charge in [0.25, 0.3) is 5.91 Å². The zero-order valence-corrected chi connectivity index (χ0v) is 11.9. The summed E-state index contributed by atoms with van der Waals surface area (Å²) in [4.78, 5) is 24.5. The van der Waals surface area contributed by atoms with Crippen LogP contribution in [0, 0.1) is 6.92 Å². The highest BCUT2D eigenvalue weighted by atomic mass is 16.5. The SMILES string of the molecule is Cc1cc(C(=O)N2CCC(OCC(=O)O)CC2)ccc1O. The van der Waals surface area contributed by atoms with Gasteiger partial charge < -0.3 is 19.8 Å². The number of ether oxygens (including phenoxy) is 1. The number of hydrogen-bond donors (Lipinski definition) is 2. The molecule has 1 aromatic carbocycles. The topological polar surface area (TPSA) is 87.1 Å². The molecule has 1 aromatic rings. The molecule has 0 atom stereocenters. The molecule has 1 fully saturated rings. The number of rotatable bonds is 4. The Hall–Kier alpha value is -2.08. The van der Waals surface area contributed by atoms with Gasteiger partial charge in [-0.1, -0.05) is 0 Å². The van der Waals surface area contributed by atoms with Crippen molar-refractivity contribution in [2.45, 2.75) is 25.9 Å². The maximum Gasteiger partial charge on any atom is 0.329 e. The van der Waals surface area contributed by atoms with Crippen LogP contribution in [0.25, 0.3) is 0 Å². The number of amides is 1. The monoisotopic (exact) mass is 293 g/mol. The smallest absolute Gasteiger partial charge is 0.329 e. The Morgan fingerprint density at radius 3 is 2.57 bits per heavy atom. The number of hydrogen-bond acceptors (Lipinski definition) is 4.